The van der Waals surface area contributed by atoms with Crippen LogP contribution in [0.2, 0.25) is 0 Å². The topological polar surface area (TPSA) is 53.4 Å². The first-order valence-corrected chi connectivity index (χ1v) is 7.73. The van der Waals surface area contributed by atoms with Crippen LogP contribution in [-0.2, 0) is 4.74 Å². The van der Waals surface area contributed by atoms with E-state index in [9.17, 15) is 4.79 Å². The average Bonchev–Trinajstić information content (AvgIpc) is 2.97. The van der Waals surface area contributed by atoms with Gasteiger partial charge in [-0.25, -0.2) is 14.3 Å². The zero-order valence-corrected chi connectivity index (χ0v) is 14.4. The number of carbonyl (C=O) groups is 1. The lowest BCUT2D eigenvalue weighted by molar-refractivity contribution is 0.00194. The predicted octanol–water partition coefficient (Wildman–Crippen LogP) is 4.12. The second kappa shape index (κ2) is 6.96. The lowest BCUT2D eigenvalue weighted by Gasteiger charge is -2.30. The first-order chi connectivity index (χ1) is 10.4. The van der Waals surface area contributed by atoms with E-state index in [0.717, 1.165) is 10.2 Å². The van der Waals surface area contributed by atoms with E-state index in [4.69, 9.17) is 9.47 Å². The summed E-state index contributed by atoms with van der Waals surface area (Å²) in [6.07, 6.45) is 3.64. The number of ether oxygens (including phenoxy) is 2. The second-order valence-electron chi connectivity index (χ2n) is 5.95. The third kappa shape index (κ3) is 4.34. The monoisotopic (exact) mass is 366 g/mol. The van der Waals surface area contributed by atoms with Gasteiger partial charge in [0.1, 0.15) is 24.8 Å². The van der Waals surface area contributed by atoms with E-state index in [1.165, 1.54) is 17.1 Å². The molecule has 1 atom stereocenters. The Kier molecular flexibility index (Phi) is 5.24. The number of nitrogens with zero attached hydrogens (tertiary/aromatic N) is 2. The van der Waals surface area contributed by atoms with Crippen LogP contribution >= 0.6 is 15.9 Å². The molecule has 0 aliphatic heterocycles. The molecule has 1 unspecified atom stereocenters. The number of halogens is 1. The Labute approximate surface area is 138 Å². The average molecular weight is 367 g/mol. The molecule has 5 nitrogen and oxygen atoms in total. The third-order valence-electron chi connectivity index (χ3n) is 3.15. The highest BCUT2D eigenvalue weighted by Crippen LogP contribution is 2.27. The van der Waals surface area contributed by atoms with Gasteiger partial charge >= 0.3 is 6.09 Å². The summed E-state index contributed by atoms with van der Waals surface area (Å²) in [6.45, 7) is 6.28. The van der Waals surface area contributed by atoms with Crippen molar-refractivity contribution in [3.63, 3.8) is 0 Å². The van der Waals surface area contributed by atoms with Gasteiger partial charge in [-0.05, 0) is 28.1 Å². The van der Waals surface area contributed by atoms with E-state index in [0.29, 0.717) is 0 Å². The molecule has 118 valence electrons. The van der Waals surface area contributed by atoms with Crippen molar-refractivity contribution in [2.24, 2.45) is 5.41 Å². The Bertz CT molecular complexity index is 621. The van der Waals surface area contributed by atoms with Gasteiger partial charge in [-0.3, -0.25) is 0 Å². The first kappa shape index (κ1) is 16.5. The van der Waals surface area contributed by atoms with Crippen LogP contribution in [0.5, 0.6) is 5.75 Å². The number of imidazole rings is 1. The third-order valence-corrected chi connectivity index (χ3v) is 3.81. The minimum Gasteiger partial charge on any atom is -0.489 e. The second-order valence-corrected chi connectivity index (χ2v) is 6.80. The van der Waals surface area contributed by atoms with Crippen molar-refractivity contribution in [2.45, 2.75) is 26.9 Å². The van der Waals surface area contributed by atoms with Crippen LogP contribution < -0.4 is 4.74 Å². The van der Waals surface area contributed by atoms with Crippen molar-refractivity contribution in [1.82, 2.24) is 9.55 Å². The van der Waals surface area contributed by atoms with Gasteiger partial charge in [-0.1, -0.05) is 32.9 Å². The smallest absolute Gasteiger partial charge is 0.419 e. The number of para-hydroxylation sites is 1. The van der Waals surface area contributed by atoms with Crippen LogP contribution in [0.3, 0.4) is 0 Å². The molecule has 0 spiro atoms. The number of hydrogen-bond donors (Lipinski definition) is 0. The number of aromatic nitrogens is 2. The van der Waals surface area contributed by atoms with Crippen LogP contribution in [0.4, 0.5) is 4.79 Å². The van der Waals surface area contributed by atoms with Crippen LogP contribution in [0, 0.1) is 5.41 Å². The molecule has 0 saturated heterocycles. The van der Waals surface area contributed by atoms with Gasteiger partial charge in [-0.15, -0.1) is 0 Å². The Morgan fingerprint density at radius 2 is 2.09 bits per heavy atom. The standard InChI is InChI=1S/C16H19BrN2O3/c1-16(2,3)14(22-15(20)19-9-8-18-11-19)10-21-13-7-5-4-6-12(13)17/h4-9,11,14H,10H2,1-3H3. The molecule has 0 fully saturated rings. The molecule has 1 heterocycles. The Morgan fingerprint density at radius 1 is 1.36 bits per heavy atom. The van der Waals surface area contributed by atoms with E-state index in [2.05, 4.69) is 20.9 Å². The zero-order valence-electron chi connectivity index (χ0n) is 12.8. The van der Waals surface area contributed by atoms with E-state index >= 15 is 0 Å². The number of rotatable bonds is 4. The number of hydrogen-bond acceptors (Lipinski definition) is 4. The molecule has 6 heteroatoms. The number of carbonyl (C=O) groups excluding carboxylic acids is 1. The maximum Gasteiger partial charge on any atom is 0.419 e. The number of benzene rings is 1. The predicted molar refractivity (Wildman–Crippen MR) is 87.0 cm³/mol. The van der Waals surface area contributed by atoms with Crippen LogP contribution in [0.25, 0.3) is 0 Å². The van der Waals surface area contributed by atoms with Crippen LogP contribution in [0.1, 0.15) is 20.8 Å². The highest BCUT2D eigenvalue weighted by Gasteiger charge is 2.30. The summed E-state index contributed by atoms with van der Waals surface area (Å²) in [6, 6.07) is 7.57. The van der Waals surface area contributed by atoms with Gasteiger partial charge in [0.2, 0.25) is 0 Å². The van der Waals surface area contributed by atoms with Crippen molar-refractivity contribution in [2.75, 3.05) is 6.61 Å². The molecule has 22 heavy (non-hydrogen) atoms. The summed E-state index contributed by atoms with van der Waals surface area (Å²) >= 11 is 3.43. The Morgan fingerprint density at radius 3 is 2.68 bits per heavy atom. The van der Waals surface area contributed by atoms with Crippen LogP contribution in [-0.4, -0.2) is 28.4 Å². The fourth-order valence-electron chi connectivity index (χ4n) is 1.74. The van der Waals surface area contributed by atoms with Gasteiger partial charge in [0.15, 0.2) is 0 Å². The quantitative estimate of drug-likeness (QED) is 0.816. The van der Waals surface area contributed by atoms with Gasteiger partial charge in [0.25, 0.3) is 0 Å². The van der Waals surface area contributed by atoms with E-state index < -0.39 is 12.2 Å². The summed E-state index contributed by atoms with van der Waals surface area (Å²) in [4.78, 5) is 15.9. The molecular weight excluding hydrogens is 348 g/mol. The molecule has 2 aromatic rings. The molecule has 0 saturated carbocycles. The highest BCUT2D eigenvalue weighted by molar-refractivity contribution is 9.10. The maximum atomic E-state index is 12.1. The Balaban J connectivity index is 2.04. The molecule has 0 amide bonds. The molecule has 0 bridgehead atoms. The highest BCUT2D eigenvalue weighted by atomic mass is 79.9. The van der Waals surface area contributed by atoms with Gasteiger partial charge in [0.05, 0.1) is 4.47 Å². The largest absolute Gasteiger partial charge is 0.489 e. The lowest BCUT2D eigenvalue weighted by atomic mass is 9.89. The minimum atomic E-state index is -0.465. The van der Waals surface area contributed by atoms with Crippen molar-refractivity contribution < 1.29 is 14.3 Å². The fourth-order valence-corrected chi connectivity index (χ4v) is 2.14. The zero-order chi connectivity index (χ0) is 16.2. The molecule has 0 aliphatic rings. The molecule has 0 aliphatic carbocycles. The summed E-state index contributed by atoms with van der Waals surface area (Å²) in [5.41, 5.74) is -0.252. The minimum absolute atomic E-state index is 0.252. The van der Waals surface area contributed by atoms with Crippen LogP contribution in [0.15, 0.2) is 47.5 Å². The van der Waals surface area contributed by atoms with E-state index in [1.54, 1.807) is 6.20 Å². The molecule has 1 aromatic heterocycles. The lowest BCUT2D eigenvalue weighted by Crippen LogP contribution is -2.37. The summed E-state index contributed by atoms with van der Waals surface area (Å²) < 4.78 is 13.5. The van der Waals surface area contributed by atoms with Crippen molar-refractivity contribution >= 4 is 22.0 Å². The molecule has 1 aromatic carbocycles. The molecular formula is C16H19BrN2O3. The van der Waals surface area contributed by atoms with Crippen molar-refractivity contribution in [1.29, 1.82) is 0 Å². The molecule has 2 rings (SSSR count). The van der Waals surface area contributed by atoms with Crippen molar-refractivity contribution in [3.05, 3.63) is 47.5 Å². The van der Waals surface area contributed by atoms with Gasteiger partial charge < -0.3 is 9.47 Å². The summed E-state index contributed by atoms with van der Waals surface area (Å²) in [5, 5.41) is 0. The summed E-state index contributed by atoms with van der Waals surface area (Å²) in [5.74, 6) is 0.718. The molecule has 0 N–H and O–H groups in total. The summed E-state index contributed by atoms with van der Waals surface area (Å²) in [7, 11) is 0. The van der Waals surface area contributed by atoms with Gasteiger partial charge in [-0.2, -0.15) is 0 Å². The van der Waals surface area contributed by atoms with Gasteiger partial charge in [0, 0.05) is 17.8 Å². The fraction of sp³-hybridized carbons (Fsp3) is 0.375. The maximum absolute atomic E-state index is 12.1. The SMILES string of the molecule is CC(C)(C)C(COc1ccccc1Br)OC(=O)n1ccnc1. The Hall–Kier alpha value is -1.82. The van der Waals surface area contributed by atoms with E-state index in [-0.39, 0.29) is 12.0 Å². The van der Waals surface area contributed by atoms with Crippen molar-refractivity contribution in [3.8, 4) is 5.75 Å². The molecule has 0 radical (unpaired) electrons. The van der Waals surface area contributed by atoms with E-state index in [1.807, 2.05) is 45.0 Å². The normalized spacial score (nSPS) is 12.7. The first-order valence-electron chi connectivity index (χ1n) is 6.94.